The van der Waals surface area contributed by atoms with Crippen LogP contribution in [0.15, 0.2) is 42.6 Å². The Hall–Kier alpha value is -2.98. The van der Waals surface area contributed by atoms with E-state index in [4.69, 9.17) is 4.74 Å². The van der Waals surface area contributed by atoms with E-state index in [1.807, 2.05) is 36.4 Å². The number of nitrogens with one attached hydrogen (secondary N) is 2. The number of rotatable bonds is 4. The zero-order valence-electron chi connectivity index (χ0n) is 19.7. The van der Waals surface area contributed by atoms with E-state index < -0.39 is 22.9 Å². The highest BCUT2D eigenvalue weighted by Crippen LogP contribution is 2.29. The fraction of sp³-hybridized carbons (Fsp3) is 0.458. The van der Waals surface area contributed by atoms with E-state index in [0.29, 0.717) is 32.1 Å². The zero-order chi connectivity index (χ0) is 24.3. The molecule has 2 aliphatic rings. The van der Waals surface area contributed by atoms with Gasteiger partial charge >= 0.3 is 12.1 Å². The highest BCUT2D eigenvalue weighted by molar-refractivity contribution is 7.81. The van der Waals surface area contributed by atoms with Gasteiger partial charge in [-0.05, 0) is 68.9 Å². The summed E-state index contributed by atoms with van der Waals surface area (Å²) in [5.74, 6) is 0.332. The molecule has 1 saturated heterocycles. The molecule has 2 aromatic rings. The second-order valence-electron chi connectivity index (χ2n) is 9.57. The molecule has 4 rings (SSSR count). The van der Waals surface area contributed by atoms with Crippen LogP contribution in [0.5, 0.6) is 0 Å². The Morgan fingerprint density at radius 2 is 1.79 bits per heavy atom. The molecule has 1 aromatic carbocycles. The summed E-state index contributed by atoms with van der Waals surface area (Å²) in [6.07, 6.45) is 2.72. The molecule has 3 amide bonds. The van der Waals surface area contributed by atoms with Crippen molar-refractivity contribution in [1.29, 1.82) is 0 Å². The number of ether oxygens (including phenoxy) is 1. The maximum atomic E-state index is 12.6. The van der Waals surface area contributed by atoms with Crippen molar-refractivity contribution in [2.24, 2.45) is 0 Å². The van der Waals surface area contributed by atoms with E-state index in [0.717, 1.165) is 29.8 Å². The lowest BCUT2D eigenvalue weighted by Crippen LogP contribution is -2.43. The highest BCUT2D eigenvalue weighted by Gasteiger charge is 2.27. The van der Waals surface area contributed by atoms with Crippen LogP contribution in [0.3, 0.4) is 0 Å². The third-order valence-electron chi connectivity index (χ3n) is 5.86. The average molecular weight is 486 g/mol. The van der Waals surface area contributed by atoms with E-state index in [1.54, 1.807) is 36.2 Å². The van der Waals surface area contributed by atoms with Crippen molar-refractivity contribution in [2.45, 2.75) is 58.2 Å². The molecule has 1 unspecified atom stereocenters. The minimum absolute atomic E-state index is 0.140. The fourth-order valence-corrected chi connectivity index (χ4v) is 5.03. The zero-order valence-corrected chi connectivity index (χ0v) is 20.6. The van der Waals surface area contributed by atoms with Crippen LogP contribution in [-0.4, -0.2) is 49.2 Å². The van der Waals surface area contributed by atoms with Crippen molar-refractivity contribution in [2.75, 3.05) is 18.4 Å². The van der Waals surface area contributed by atoms with Crippen molar-refractivity contribution in [3.8, 4) is 0 Å². The number of carbonyl (C=O) groups excluding carboxylic acids is 2. The first-order valence-electron chi connectivity index (χ1n) is 11.4. The molecule has 1 aromatic heterocycles. The minimum atomic E-state index is -1.62. The number of hydrogen-bond donors (Lipinski definition) is 2. The molecule has 0 aliphatic carbocycles. The normalized spacial score (nSPS) is 17.7. The number of anilines is 1. The van der Waals surface area contributed by atoms with Gasteiger partial charge in [-0.25, -0.2) is 22.8 Å². The Labute approximate surface area is 202 Å². The van der Waals surface area contributed by atoms with Crippen molar-refractivity contribution in [1.82, 2.24) is 18.9 Å². The third kappa shape index (κ3) is 6.12. The molecular formula is C24H31N5O4S. The lowest BCUT2D eigenvalue weighted by molar-refractivity contribution is 0.0569. The Morgan fingerprint density at radius 3 is 2.44 bits per heavy atom. The van der Waals surface area contributed by atoms with Crippen LogP contribution in [0.1, 0.15) is 56.4 Å². The average Bonchev–Trinajstić information content (AvgIpc) is 3.23. The van der Waals surface area contributed by atoms with Crippen LogP contribution in [0.4, 0.5) is 15.3 Å². The first-order chi connectivity index (χ1) is 16.2. The van der Waals surface area contributed by atoms with E-state index in [2.05, 4.69) is 15.0 Å². The van der Waals surface area contributed by atoms with E-state index in [1.165, 1.54) is 5.56 Å². The molecule has 1 atom stereocenters. The fourth-order valence-electron chi connectivity index (χ4n) is 4.17. The largest absolute Gasteiger partial charge is 0.443 e. The van der Waals surface area contributed by atoms with E-state index in [-0.39, 0.29) is 6.03 Å². The molecule has 3 heterocycles. The molecule has 0 saturated carbocycles. The Kier molecular flexibility index (Phi) is 7.18. The van der Waals surface area contributed by atoms with E-state index >= 15 is 0 Å². The number of hydrogen-bond acceptors (Lipinski definition) is 5. The van der Waals surface area contributed by atoms with Gasteiger partial charge in [-0.1, -0.05) is 18.2 Å². The lowest BCUT2D eigenvalue weighted by atomic mass is 9.90. The topological polar surface area (TPSA) is 104 Å². The van der Waals surface area contributed by atoms with Gasteiger partial charge in [0.2, 0.25) is 11.2 Å². The maximum Gasteiger partial charge on any atom is 0.420 e. The number of benzene rings is 1. The molecule has 1 fully saturated rings. The first-order valence-corrected chi connectivity index (χ1v) is 12.5. The molecular weight excluding hydrogens is 454 g/mol. The smallest absolute Gasteiger partial charge is 0.420 e. The number of amides is 3. The van der Waals surface area contributed by atoms with Gasteiger partial charge in [0.1, 0.15) is 5.60 Å². The molecule has 9 nitrogen and oxygen atoms in total. The molecule has 0 bridgehead atoms. The quantitative estimate of drug-likeness (QED) is 0.683. The monoisotopic (exact) mass is 485 g/mol. The molecule has 2 aliphatic heterocycles. The highest BCUT2D eigenvalue weighted by atomic mass is 32.2. The van der Waals surface area contributed by atoms with Crippen molar-refractivity contribution < 1.29 is 18.5 Å². The van der Waals surface area contributed by atoms with Crippen molar-refractivity contribution >= 4 is 29.0 Å². The van der Waals surface area contributed by atoms with Gasteiger partial charge in [0, 0.05) is 31.5 Å². The molecule has 0 spiro atoms. The van der Waals surface area contributed by atoms with Crippen LogP contribution in [0.25, 0.3) is 0 Å². The summed E-state index contributed by atoms with van der Waals surface area (Å²) in [4.78, 5) is 30.6. The van der Waals surface area contributed by atoms with Gasteiger partial charge in [-0.3, -0.25) is 4.98 Å². The van der Waals surface area contributed by atoms with Crippen LogP contribution in [0.2, 0.25) is 0 Å². The minimum Gasteiger partial charge on any atom is -0.443 e. The van der Waals surface area contributed by atoms with Gasteiger partial charge in [0.15, 0.2) is 0 Å². The van der Waals surface area contributed by atoms with Gasteiger partial charge in [-0.15, -0.1) is 0 Å². The predicted molar refractivity (Wildman–Crippen MR) is 130 cm³/mol. The first kappa shape index (κ1) is 24.2. The Morgan fingerprint density at radius 1 is 1.09 bits per heavy atom. The van der Waals surface area contributed by atoms with Gasteiger partial charge in [0.25, 0.3) is 0 Å². The third-order valence-corrected chi connectivity index (χ3v) is 7.04. The second kappa shape index (κ2) is 10.1. The van der Waals surface area contributed by atoms with Crippen LogP contribution in [0, 0.1) is 0 Å². The summed E-state index contributed by atoms with van der Waals surface area (Å²) in [6.45, 7) is 7.59. The number of fused-ring (bicyclic) bond motifs is 1. The molecule has 0 radical (unpaired) electrons. The Bertz CT molecular complexity index is 1040. The summed E-state index contributed by atoms with van der Waals surface area (Å²) < 4.78 is 21.8. The number of nitrogens with zero attached hydrogens (tertiary/aromatic N) is 3. The number of aromatic nitrogens is 1. The predicted octanol–water partition coefficient (Wildman–Crippen LogP) is 3.91. The summed E-state index contributed by atoms with van der Waals surface area (Å²) in [5.41, 5.74) is 3.33. The van der Waals surface area contributed by atoms with Crippen LogP contribution in [-0.2, 0) is 29.0 Å². The number of carbonyl (C=O) groups is 2. The summed E-state index contributed by atoms with van der Waals surface area (Å²) in [5, 5.41) is 2.96. The van der Waals surface area contributed by atoms with Gasteiger partial charge < -0.3 is 15.0 Å². The maximum absolute atomic E-state index is 12.6. The number of pyridine rings is 1. The number of piperidine rings is 1. The van der Waals surface area contributed by atoms with E-state index in [9.17, 15) is 13.8 Å². The van der Waals surface area contributed by atoms with Crippen molar-refractivity contribution in [3.63, 3.8) is 0 Å². The lowest BCUT2D eigenvalue weighted by Gasteiger charge is -2.31. The standard InChI is InChI=1S/C24H31N5O4S/c1-24(2,3)33-23(31)27-34(32)29-13-10-18(11-14-29)17-6-8-20(9-7-17)26-22(30)28-15-19-5-4-12-25-21(19)16-28/h4-9,12,18H,10-11,13-16H2,1-3H3,(H,26,30)(H,27,31). The SMILES string of the molecule is CC(C)(C)OC(=O)NS(=O)N1CCC(c2ccc(NC(=O)N3Cc4cccnc4C3)cc2)CC1. The van der Waals surface area contributed by atoms with Crippen molar-refractivity contribution in [3.05, 3.63) is 59.4 Å². The summed E-state index contributed by atoms with van der Waals surface area (Å²) >= 11 is -1.62. The Balaban J connectivity index is 1.24. The second-order valence-corrected chi connectivity index (χ2v) is 10.8. The molecule has 2 N–H and O–H groups in total. The number of urea groups is 1. The molecule has 34 heavy (non-hydrogen) atoms. The summed E-state index contributed by atoms with van der Waals surface area (Å²) in [6, 6.07) is 11.7. The van der Waals surface area contributed by atoms with Crippen LogP contribution >= 0.6 is 0 Å². The molecule has 10 heteroatoms. The van der Waals surface area contributed by atoms with Crippen LogP contribution < -0.4 is 10.0 Å². The van der Waals surface area contributed by atoms with Gasteiger partial charge in [-0.2, -0.15) is 0 Å². The molecule has 182 valence electrons. The summed E-state index contributed by atoms with van der Waals surface area (Å²) in [7, 11) is 0. The van der Waals surface area contributed by atoms with Gasteiger partial charge in [0.05, 0.1) is 12.2 Å².